The molecule has 0 amide bonds. The summed E-state index contributed by atoms with van der Waals surface area (Å²) in [6.07, 6.45) is 3.46. The molecule has 3 aromatic rings. The Morgan fingerprint density at radius 1 is 1.19 bits per heavy atom. The molecule has 1 aromatic carbocycles. The average Bonchev–Trinajstić information content (AvgIpc) is 2.93. The smallest absolute Gasteiger partial charge is 0.401 e. The lowest BCUT2D eigenvalue weighted by Crippen LogP contribution is -1.92. The van der Waals surface area contributed by atoms with Crippen LogP contribution < -0.4 is 5.73 Å². The number of benzene rings is 1. The van der Waals surface area contributed by atoms with Crippen molar-refractivity contribution in [3.05, 3.63) is 63.9 Å². The summed E-state index contributed by atoms with van der Waals surface area (Å²) in [5.74, 6) is 0.536. The lowest BCUT2D eigenvalue weighted by molar-refractivity contribution is -0.402. The van der Waals surface area contributed by atoms with E-state index in [4.69, 9.17) is 10.2 Å². The highest BCUT2D eigenvalue weighted by atomic mass is 16.6. The maximum Gasteiger partial charge on any atom is 0.433 e. The predicted molar refractivity (Wildman–Crippen MR) is 80.4 cm³/mol. The predicted octanol–water partition coefficient (Wildman–Crippen LogP) is 3.49. The van der Waals surface area contributed by atoms with E-state index in [0.717, 1.165) is 16.5 Å². The summed E-state index contributed by atoms with van der Waals surface area (Å²) in [7, 11) is 0. The van der Waals surface area contributed by atoms with Gasteiger partial charge >= 0.3 is 5.88 Å². The van der Waals surface area contributed by atoms with Crippen LogP contribution in [0.1, 0.15) is 11.3 Å². The second-order valence-electron chi connectivity index (χ2n) is 4.42. The normalized spacial score (nSPS) is 11.2. The number of nitrogen functional groups attached to an aromatic ring is 1. The van der Waals surface area contributed by atoms with Crippen molar-refractivity contribution < 1.29 is 9.34 Å². The van der Waals surface area contributed by atoms with Crippen molar-refractivity contribution in [2.24, 2.45) is 0 Å². The molecule has 0 aliphatic rings. The number of pyridine rings is 1. The van der Waals surface area contributed by atoms with E-state index in [0.29, 0.717) is 11.6 Å². The van der Waals surface area contributed by atoms with Gasteiger partial charge in [0.2, 0.25) is 0 Å². The summed E-state index contributed by atoms with van der Waals surface area (Å²) in [4.78, 5) is 14.2. The molecule has 0 spiro atoms. The van der Waals surface area contributed by atoms with Gasteiger partial charge in [0.15, 0.2) is 0 Å². The third kappa shape index (κ3) is 2.59. The van der Waals surface area contributed by atoms with E-state index >= 15 is 0 Å². The summed E-state index contributed by atoms with van der Waals surface area (Å²) in [6.45, 7) is 0. The van der Waals surface area contributed by atoms with Crippen LogP contribution in [0.4, 0.5) is 11.7 Å². The van der Waals surface area contributed by atoms with Crippen molar-refractivity contribution in [3.8, 4) is 0 Å². The SMILES string of the molecule is Nc1cc(/C=C/c2ccc([N+](=O)[O-])o2)c2ccccc2n1. The van der Waals surface area contributed by atoms with Crippen molar-refractivity contribution in [1.29, 1.82) is 0 Å². The van der Waals surface area contributed by atoms with E-state index in [1.165, 1.54) is 6.07 Å². The van der Waals surface area contributed by atoms with Crippen molar-refractivity contribution in [3.63, 3.8) is 0 Å². The van der Waals surface area contributed by atoms with Crippen LogP contribution in [0.3, 0.4) is 0 Å². The molecular weight excluding hydrogens is 270 g/mol. The topological polar surface area (TPSA) is 95.2 Å². The zero-order valence-corrected chi connectivity index (χ0v) is 10.9. The number of aromatic nitrogens is 1. The van der Waals surface area contributed by atoms with Crippen LogP contribution in [-0.2, 0) is 0 Å². The average molecular weight is 281 g/mol. The van der Waals surface area contributed by atoms with Crippen LogP contribution in [0.15, 0.2) is 46.9 Å². The number of nitrogens with two attached hydrogens (primary N) is 1. The Morgan fingerprint density at radius 2 is 2.00 bits per heavy atom. The molecule has 0 bridgehead atoms. The lowest BCUT2D eigenvalue weighted by Gasteiger charge is -2.03. The Balaban J connectivity index is 2.00. The molecule has 2 N–H and O–H groups in total. The fraction of sp³-hybridized carbons (Fsp3) is 0. The van der Waals surface area contributed by atoms with Crippen LogP contribution >= 0.6 is 0 Å². The van der Waals surface area contributed by atoms with Crippen molar-refractivity contribution >= 4 is 34.8 Å². The maximum atomic E-state index is 10.6. The van der Waals surface area contributed by atoms with Crippen LogP contribution in [0.25, 0.3) is 23.1 Å². The molecule has 2 aromatic heterocycles. The van der Waals surface area contributed by atoms with Gasteiger partial charge in [-0.3, -0.25) is 10.1 Å². The molecule has 0 aliphatic carbocycles. The number of nitro groups is 1. The molecule has 2 heterocycles. The molecule has 0 atom stereocenters. The minimum absolute atomic E-state index is 0.284. The van der Waals surface area contributed by atoms with Gasteiger partial charge in [0.25, 0.3) is 0 Å². The number of hydrogen-bond donors (Lipinski definition) is 1. The first-order chi connectivity index (χ1) is 10.1. The van der Waals surface area contributed by atoms with Crippen molar-refractivity contribution in [1.82, 2.24) is 4.98 Å². The minimum Gasteiger partial charge on any atom is -0.401 e. The molecule has 0 saturated heterocycles. The van der Waals surface area contributed by atoms with E-state index in [1.54, 1.807) is 24.3 Å². The number of fused-ring (bicyclic) bond motifs is 1. The molecule has 104 valence electrons. The molecule has 0 fully saturated rings. The summed E-state index contributed by atoms with van der Waals surface area (Å²) in [6, 6.07) is 12.2. The van der Waals surface area contributed by atoms with Gasteiger partial charge in [0.05, 0.1) is 11.6 Å². The lowest BCUT2D eigenvalue weighted by atomic mass is 10.1. The monoisotopic (exact) mass is 281 g/mol. The van der Waals surface area contributed by atoms with E-state index in [1.807, 2.05) is 24.3 Å². The Kier molecular flexibility index (Phi) is 3.12. The first-order valence-electron chi connectivity index (χ1n) is 6.21. The summed E-state index contributed by atoms with van der Waals surface area (Å²) < 4.78 is 5.08. The zero-order valence-electron chi connectivity index (χ0n) is 10.9. The van der Waals surface area contributed by atoms with Gasteiger partial charge in [-0.1, -0.05) is 24.3 Å². The first kappa shape index (κ1) is 12.9. The number of nitrogens with zero attached hydrogens (tertiary/aromatic N) is 2. The molecule has 6 nitrogen and oxygen atoms in total. The first-order valence-corrected chi connectivity index (χ1v) is 6.21. The van der Waals surface area contributed by atoms with Crippen molar-refractivity contribution in [2.75, 3.05) is 5.73 Å². The molecule has 21 heavy (non-hydrogen) atoms. The number of rotatable bonds is 3. The highest BCUT2D eigenvalue weighted by molar-refractivity contribution is 5.91. The minimum atomic E-state index is -0.572. The van der Waals surface area contributed by atoms with Gasteiger partial charge in [-0.05, 0) is 29.8 Å². The second-order valence-corrected chi connectivity index (χ2v) is 4.42. The van der Waals surface area contributed by atoms with Gasteiger partial charge in [-0.15, -0.1) is 0 Å². The molecule has 0 radical (unpaired) electrons. The molecule has 0 saturated carbocycles. The Morgan fingerprint density at radius 3 is 2.76 bits per heavy atom. The summed E-state index contributed by atoms with van der Waals surface area (Å²) in [5, 5.41) is 11.5. The number of furan rings is 1. The highest BCUT2D eigenvalue weighted by Gasteiger charge is 2.10. The van der Waals surface area contributed by atoms with Gasteiger partial charge in [0.1, 0.15) is 16.5 Å². The molecule has 0 unspecified atom stereocenters. The quantitative estimate of drug-likeness (QED) is 0.585. The van der Waals surface area contributed by atoms with E-state index in [2.05, 4.69) is 4.98 Å². The van der Waals surface area contributed by atoms with Crippen LogP contribution in [0.2, 0.25) is 0 Å². The van der Waals surface area contributed by atoms with E-state index < -0.39 is 4.92 Å². The Bertz CT molecular complexity index is 852. The third-order valence-corrected chi connectivity index (χ3v) is 2.99. The van der Waals surface area contributed by atoms with Crippen LogP contribution in [0.5, 0.6) is 0 Å². The fourth-order valence-corrected chi connectivity index (χ4v) is 2.06. The Hall–Kier alpha value is -3.15. The number of anilines is 1. The zero-order chi connectivity index (χ0) is 14.8. The van der Waals surface area contributed by atoms with Gasteiger partial charge in [-0.25, -0.2) is 4.98 Å². The second kappa shape index (κ2) is 5.09. The van der Waals surface area contributed by atoms with E-state index in [-0.39, 0.29) is 5.88 Å². The summed E-state index contributed by atoms with van der Waals surface area (Å²) >= 11 is 0. The van der Waals surface area contributed by atoms with Crippen molar-refractivity contribution in [2.45, 2.75) is 0 Å². The van der Waals surface area contributed by atoms with Gasteiger partial charge < -0.3 is 10.2 Å². The maximum absolute atomic E-state index is 10.6. The molecule has 3 rings (SSSR count). The number of para-hydroxylation sites is 1. The molecular formula is C15H11N3O3. The third-order valence-electron chi connectivity index (χ3n) is 2.99. The fourth-order valence-electron chi connectivity index (χ4n) is 2.06. The molecule has 6 heteroatoms. The largest absolute Gasteiger partial charge is 0.433 e. The van der Waals surface area contributed by atoms with E-state index in [9.17, 15) is 10.1 Å². The molecule has 0 aliphatic heterocycles. The standard InChI is InChI=1S/C15H11N3O3/c16-14-9-10(12-3-1-2-4-13(12)17-14)5-6-11-7-8-15(21-11)18(19)20/h1-9H,(H2,16,17)/b6-5+. The van der Waals surface area contributed by atoms with Crippen LogP contribution in [0, 0.1) is 10.1 Å². The van der Waals surface area contributed by atoms with Gasteiger partial charge in [-0.2, -0.15) is 0 Å². The van der Waals surface area contributed by atoms with Gasteiger partial charge in [0, 0.05) is 5.39 Å². The summed E-state index contributed by atoms with van der Waals surface area (Å²) in [5.41, 5.74) is 7.45. The van der Waals surface area contributed by atoms with Crippen LogP contribution in [-0.4, -0.2) is 9.91 Å². The highest BCUT2D eigenvalue weighted by Crippen LogP contribution is 2.23. The number of hydrogen-bond acceptors (Lipinski definition) is 5. The Labute approximate surface area is 119 Å².